The molecule has 0 spiro atoms. The fourth-order valence-electron chi connectivity index (χ4n) is 0.729. The van der Waals surface area contributed by atoms with E-state index in [0.29, 0.717) is 0 Å². The molecule has 12 heteroatoms. The predicted molar refractivity (Wildman–Crippen MR) is 75.1 cm³/mol. The fraction of sp³-hybridized carbons (Fsp3) is 0.909. The standard InChI is InChI=1S/C6H14O6.C3H8O3.C2H5NO2/c7-1-3(9)5(11)6(12)4(10)2-8;4-1-3(6)2-5;3-1-2(4)5/h3-12H,1-2H2;3-6H,1-2H2;1,3H2,(H,4,5)/t3-,4-,5-,6-;;/m1../s1. The first-order valence-corrected chi connectivity index (χ1v) is 6.38. The molecular weight excluding hydrogens is 322 g/mol. The van der Waals surface area contributed by atoms with Gasteiger partial charge in [-0.3, -0.25) is 4.79 Å². The summed E-state index contributed by atoms with van der Waals surface area (Å²) < 4.78 is 0. The summed E-state index contributed by atoms with van der Waals surface area (Å²) in [6, 6.07) is 0. The van der Waals surface area contributed by atoms with Crippen LogP contribution in [0.1, 0.15) is 0 Å². The molecule has 4 atom stereocenters. The molecule has 0 amide bonds. The number of hydrogen-bond donors (Lipinski definition) is 11. The first-order chi connectivity index (χ1) is 10.6. The Kier molecular flexibility index (Phi) is 20.4. The third-order valence-electron chi connectivity index (χ3n) is 2.11. The van der Waals surface area contributed by atoms with Gasteiger partial charge in [0.25, 0.3) is 0 Å². The Labute approximate surface area is 132 Å². The molecule has 0 rings (SSSR count). The molecule has 0 heterocycles. The summed E-state index contributed by atoms with van der Waals surface area (Å²) in [4.78, 5) is 9.24. The third-order valence-corrected chi connectivity index (χ3v) is 2.11. The highest BCUT2D eigenvalue weighted by Crippen LogP contribution is 2.03. The summed E-state index contributed by atoms with van der Waals surface area (Å²) in [7, 11) is 0. The summed E-state index contributed by atoms with van der Waals surface area (Å²) in [6.45, 7) is -2.46. The van der Waals surface area contributed by atoms with Gasteiger partial charge in [-0.15, -0.1) is 0 Å². The quantitative estimate of drug-likeness (QED) is 0.196. The van der Waals surface area contributed by atoms with Crippen molar-refractivity contribution >= 4 is 5.97 Å². The lowest BCUT2D eigenvalue weighted by Gasteiger charge is -2.24. The molecule has 142 valence electrons. The molecule has 0 bridgehead atoms. The molecule has 0 aliphatic rings. The third kappa shape index (κ3) is 17.3. The number of aliphatic hydroxyl groups is 9. The number of aliphatic hydroxyl groups excluding tert-OH is 9. The van der Waals surface area contributed by atoms with Crippen LogP contribution < -0.4 is 5.73 Å². The van der Waals surface area contributed by atoms with E-state index in [2.05, 4.69) is 5.73 Å². The Morgan fingerprint density at radius 2 is 1.00 bits per heavy atom. The Bertz CT molecular complexity index is 250. The molecule has 12 N–H and O–H groups in total. The summed E-state index contributed by atoms with van der Waals surface area (Å²) in [5.74, 6) is -0.968. The minimum absolute atomic E-state index is 0.278. The second-order valence-corrected chi connectivity index (χ2v) is 4.10. The molecule has 0 aromatic heterocycles. The maximum absolute atomic E-state index is 9.24. The molecule has 0 radical (unpaired) electrons. The Hall–Kier alpha value is -0.930. The highest BCUT2D eigenvalue weighted by Gasteiger charge is 2.29. The van der Waals surface area contributed by atoms with E-state index >= 15 is 0 Å². The smallest absolute Gasteiger partial charge is 0.317 e. The largest absolute Gasteiger partial charge is 0.480 e. The normalized spacial score (nSPS) is 15.4. The minimum Gasteiger partial charge on any atom is -0.480 e. The van der Waals surface area contributed by atoms with Gasteiger partial charge in [0.15, 0.2) is 0 Å². The topological polar surface area (TPSA) is 245 Å². The first-order valence-electron chi connectivity index (χ1n) is 6.38. The van der Waals surface area contributed by atoms with Crippen molar-refractivity contribution < 1.29 is 55.9 Å². The molecule has 0 saturated carbocycles. The van der Waals surface area contributed by atoms with Gasteiger partial charge in [-0.2, -0.15) is 0 Å². The van der Waals surface area contributed by atoms with Crippen molar-refractivity contribution in [3.63, 3.8) is 0 Å². The van der Waals surface area contributed by atoms with Gasteiger partial charge in [0.05, 0.1) is 33.0 Å². The molecule has 12 nitrogen and oxygen atoms in total. The van der Waals surface area contributed by atoms with Crippen LogP contribution in [0.25, 0.3) is 0 Å². The summed E-state index contributed by atoms with van der Waals surface area (Å²) >= 11 is 0. The molecule has 0 aliphatic carbocycles. The Balaban J connectivity index is -0.000000303. The van der Waals surface area contributed by atoms with E-state index in [1.54, 1.807) is 0 Å². The average Bonchev–Trinajstić information content (AvgIpc) is 2.58. The molecule has 0 aromatic carbocycles. The van der Waals surface area contributed by atoms with E-state index in [0.717, 1.165) is 0 Å². The van der Waals surface area contributed by atoms with Crippen LogP contribution in [0.3, 0.4) is 0 Å². The van der Waals surface area contributed by atoms with Crippen molar-refractivity contribution in [2.75, 3.05) is 33.0 Å². The number of carboxylic acids is 1. The van der Waals surface area contributed by atoms with Crippen LogP contribution >= 0.6 is 0 Å². The fourth-order valence-corrected chi connectivity index (χ4v) is 0.729. The number of aliphatic carboxylic acids is 1. The molecule has 0 unspecified atom stereocenters. The molecule has 0 aliphatic heterocycles. The van der Waals surface area contributed by atoms with Gasteiger partial charge in [0.1, 0.15) is 30.5 Å². The minimum atomic E-state index is -1.67. The zero-order valence-corrected chi connectivity index (χ0v) is 12.4. The SMILES string of the molecule is NCC(=O)O.OCC(O)CO.OC[C@@H](O)[C@@H](O)[C@H](O)[C@H](O)CO. The summed E-state index contributed by atoms with van der Waals surface area (Å²) in [5, 5.41) is 83.8. The van der Waals surface area contributed by atoms with E-state index in [-0.39, 0.29) is 19.8 Å². The van der Waals surface area contributed by atoms with Crippen LogP contribution in [0.2, 0.25) is 0 Å². The van der Waals surface area contributed by atoms with Gasteiger partial charge in [-0.25, -0.2) is 0 Å². The van der Waals surface area contributed by atoms with Crippen molar-refractivity contribution in [3.05, 3.63) is 0 Å². The molecule has 0 saturated heterocycles. The van der Waals surface area contributed by atoms with Crippen molar-refractivity contribution in [1.29, 1.82) is 0 Å². The summed E-state index contributed by atoms with van der Waals surface area (Å²) in [6.07, 6.45) is -7.35. The van der Waals surface area contributed by atoms with Gasteiger partial charge in [0.2, 0.25) is 0 Å². The molecule has 0 aromatic rings. The molecular formula is C11H27NO11. The lowest BCUT2D eigenvalue weighted by Crippen LogP contribution is -2.46. The van der Waals surface area contributed by atoms with E-state index in [1.165, 1.54) is 0 Å². The van der Waals surface area contributed by atoms with Crippen LogP contribution in [0.15, 0.2) is 0 Å². The van der Waals surface area contributed by atoms with E-state index in [4.69, 9.17) is 51.1 Å². The second-order valence-electron chi connectivity index (χ2n) is 4.10. The molecule has 0 fully saturated rings. The number of nitrogens with two attached hydrogens (primary N) is 1. The van der Waals surface area contributed by atoms with E-state index in [9.17, 15) is 4.79 Å². The average molecular weight is 349 g/mol. The van der Waals surface area contributed by atoms with Crippen LogP contribution in [-0.2, 0) is 4.79 Å². The molecule has 23 heavy (non-hydrogen) atoms. The highest BCUT2D eigenvalue weighted by atomic mass is 16.4. The van der Waals surface area contributed by atoms with Crippen molar-refractivity contribution in [2.45, 2.75) is 30.5 Å². The van der Waals surface area contributed by atoms with E-state index < -0.39 is 49.7 Å². The Morgan fingerprint density at radius 3 is 1.09 bits per heavy atom. The number of carbonyl (C=O) groups is 1. The first kappa shape index (κ1) is 26.9. The van der Waals surface area contributed by atoms with Crippen LogP contribution in [-0.4, -0.2) is 121 Å². The van der Waals surface area contributed by atoms with Crippen molar-refractivity contribution in [2.24, 2.45) is 5.73 Å². The van der Waals surface area contributed by atoms with Crippen molar-refractivity contribution in [1.82, 2.24) is 0 Å². The van der Waals surface area contributed by atoms with Gasteiger partial charge >= 0.3 is 5.97 Å². The number of carboxylic acid groups (broad SMARTS) is 1. The maximum Gasteiger partial charge on any atom is 0.317 e. The lowest BCUT2D eigenvalue weighted by atomic mass is 10.0. The number of rotatable bonds is 8. The highest BCUT2D eigenvalue weighted by molar-refractivity contribution is 5.68. The Morgan fingerprint density at radius 1 is 0.739 bits per heavy atom. The van der Waals surface area contributed by atoms with Crippen LogP contribution in [0, 0.1) is 0 Å². The van der Waals surface area contributed by atoms with Crippen LogP contribution in [0.4, 0.5) is 0 Å². The van der Waals surface area contributed by atoms with Gasteiger partial charge < -0.3 is 56.8 Å². The lowest BCUT2D eigenvalue weighted by molar-refractivity contribution is -0.135. The second kappa shape index (κ2) is 17.4. The van der Waals surface area contributed by atoms with E-state index in [1.807, 2.05) is 0 Å². The summed E-state index contributed by atoms with van der Waals surface area (Å²) in [5.41, 5.74) is 4.57. The predicted octanol–water partition coefficient (Wildman–Crippen LogP) is -6.22. The number of hydrogen-bond acceptors (Lipinski definition) is 11. The van der Waals surface area contributed by atoms with Gasteiger partial charge in [-0.05, 0) is 0 Å². The van der Waals surface area contributed by atoms with Crippen molar-refractivity contribution in [3.8, 4) is 0 Å². The zero-order chi connectivity index (χ0) is 19.0. The van der Waals surface area contributed by atoms with Gasteiger partial charge in [-0.1, -0.05) is 0 Å². The zero-order valence-electron chi connectivity index (χ0n) is 12.4. The van der Waals surface area contributed by atoms with Crippen LogP contribution in [0.5, 0.6) is 0 Å². The van der Waals surface area contributed by atoms with Gasteiger partial charge in [0, 0.05) is 0 Å². The monoisotopic (exact) mass is 349 g/mol. The maximum atomic E-state index is 9.24.